The van der Waals surface area contributed by atoms with Gasteiger partial charge in [0, 0.05) is 6.54 Å². The molecule has 0 atom stereocenters. The summed E-state index contributed by atoms with van der Waals surface area (Å²) in [7, 11) is 0. The summed E-state index contributed by atoms with van der Waals surface area (Å²) >= 11 is 0. The van der Waals surface area contributed by atoms with Crippen molar-refractivity contribution in [3.8, 4) is 5.75 Å². The van der Waals surface area contributed by atoms with Crippen molar-refractivity contribution in [1.29, 1.82) is 0 Å². The molecule has 0 saturated carbocycles. The molecule has 0 aliphatic rings. The number of ether oxygens (including phenoxy) is 1. The first kappa shape index (κ1) is 15.0. The van der Waals surface area contributed by atoms with Crippen molar-refractivity contribution in [3.63, 3.8) is 0 Å². The van der Waals surface area contributed by atoms with E-state index in [-0.39, 0.29) is 0 Å². The second kappa shape index (κ2) is 6.79. The zero-order valence-electron chi connectivity index (χ0n) is 12.5. The fraction of sp³-hybridized carbons (Fsp3) is 0.625. The fourth-order valence-corrected chi connectivity index (χ4v) is 1.63. The van der Waals surface area contributed by atoms with E-state index in [2.05, 4.69) is 52.1 Å². The summed E-state index contributed by atoms with van der Waals surface area (Å²) in [4.78, 5) is 0. The second-order valence-corrected chi connectivity index (χ2v) is 6.16. The van der Waals surface area contributed by atoms with Crippen LogP contribution in [0, 0.1) is 19.3 Å². The van der Waals surface area contributed by atoms with Crippen molar-refractivity contribution in [3.05, 3.63) is 29.3 Å². The summed E-state index contributed by atoms with van der Waals surface area (Å²) < 4.78 is 5.71. The highest BCUT2D eigenvalue weighted by atomic mass is 16.5. The molecular weight excluding hydrogens is 222 g/mol. The highest BCUT2D eigenvalue weighted by Crippen LogP contribution is 2.17. The van der Waals surface area contributed by atoms with Crippen molar-refractivity contribution in [2.24, 2.45) is 5.41 Å². The maximum atomic E-state index is 5.71. The largest absolute Gasteiger partial charge is 0.492 e. The van der Waals surface area contributed by atoms with Gasteiger partial charge in [0.1, 0.15) is 12.4 Å². The molecule has 0 amide bonds. The van der Waals surface area contributed by atoms with Gasteiger partial charge in [-0.15, -0.1) is 0 Å². The van der Waals surface area contributed by atoms with Crippen LogP contribution in [0.4, 0.5) is 0 Å². The number of hydrogen-bond acceptors (Lipinski definition) is 2. The Morgan fingerprint density at radius 1 is 1.06 bits per heavy atom. The quantitative estimate of drug-likeness (QED) is 0.776. The molecule has 1 N–H and O–H groups in total. The average molecular weight is 249 g/mol. The molecule has 0 fully saturated rings. The predicted octanol–water partition coefficient (Wildman–Crippen LogP) is 3.71. The molecule has 0 aliphatic heterocycles. The van der Waals surface area contributed by atoms with Crippen molar-refractivity contribution in [1.82, 2.24) is 5.32 Å². The summed E-state index contributed by atoms with van der Waals surface area (Å²) in [6, 6.07) is 6.25. The lowest BCUT2D eigenvalue weighted by atomic mass is 9.92. The van der Waals surface area contributed by atoms with Crippen LogP contribution in [0.2, 0.25) is 0 Å². The minimum absolute atomic E-state index is 0.405. The van der Waals surface area contributed by atoms with Gasteiger partial charge in [0.05, 0.1) is 0 Å². The van der Waals surface area contributed by atoms with E-state index in [1.807, 2.05) is 6.07 Å². The van der Waals surface area contributed by atoms with Crippen LogP contribution in [-0.2, 0) is 0 Å². The number of nitrogens with one attached hydrogen (secondary N) is 1. The molecule has 0 radical (unpaired) electrons. The van der Waals surface area contributed by atoms with Crippen molar-refractivity contribution < 1.29 is 4.74 Å². The van der Waals surface area contributed by atoms with Gasteiger partial charge in [-0.05, 0) is 55.5 Å². The zero-order valence-corrected chi connectivity index (χ0v) is 12.5. The van der Waals surface area contributed by atoms with E-state index in [0.717, 1.165) is 25.4 Å². The van der Waals surface area contributed by atoms with Crippen LogP contribution >= 0.6 is 0 Å². The molecule has 0 aromatic heterocycles. The summed E-state index contributed by atoms with van der Waals surface area (Å²) in [5, 5.41) is 3.41. The Kier molecular flexibility index (Phi) is 5.67. The van der Waals surface area contributed by atoms with Crippen LogP contribution < -0.4 is 10.1 Å². The molecule has 1 aromatic rings. The van der Waals surface area contributed by atoms with E-state index >= 15 is 0 Å². The van der Waals surface area contributed by atoms with E-state index in [9.17, 15) is 0 Å². The first-order valence-corrected chi connectivity index (χ1v) is 6.79. The molecule has 0 unspecified atom stereocenters. The summed E-state index contributed by atoms with van der Waals surface area (Å²) in [5.74, 6) is 0.968. The number of benzene rings is 1. The van der Waals surface area contributed by atoms with E-state index < -0.39 is 0 Å². The standard InChI is InChI=1S/C16H27NO/c1-13-6-7-15(12-14(13)2)18-11-10-17-9-8-16(3,4)5/h6-7,12,17H,8-11H2,1-5H3. The third kappa shape index (κ3) is 6.06. The van der Waals surface area contributed by atoms with E-state index in [0.29, 0.717) is 5.41 Å². The molecule has 0 saturated heterocycles. The lowest BCUT2D eigenvalue weighted by molar-refractivity contribution is 0.304. The normalized spacial score (nSPS) is 11.6. The van der Waals surface area contributed by atoms with Gasteiger partial charge in [0.25, 0.3) is 0 Å². The maximum Gasteiger partial charge on any atom is 0.119 e. The minimum Gasteiger partial charge on any atom is -0.492 e. The van der Waals surface area contributed by atoms with E-state index in [4.69, 9.17) is 4.74 Å². The number of rotatable bonds is 6. The molecule has 0 heterocycles. The summed E-state index contributed by atoms with van der Waals surface area (Å²) in [6.45, 7) is 13.7. The summed E-state index contributed by atoms with van der Waals surface area (Å²) in [6.07, 6.45) is 1.19. The number of hydrogen-bond donors (Lipinski definition) is 1. The van der Waals surface area contributed by atoms with Crippen LogP contribution in [0.5, 0.6) is 5.75 Å². The smallest absolute Gasteiger partial charge is 0.119 e. The van der Waals surface area contributed by atoms with Crippen LogP contribution in [0.3, 0.4) is 0 Å². The molecule has 1 rings (SSSR count). The third-order valence-electron chi connectivity index (χ3n) is 3.08. The fourth-order valence-electron chi connectivity index (χ4n) is 1.63. The lowest BCUT2D eigenvalue weighted by Gasteiger charge is -2.18. The Labute approximate surface area is 112 Å². The van der Waals surface area contributed by atoms with Crippen molar-refractivity contribution >= 4 is 0 Å². The highest BCUT2D eigenvalue weighted by Gasteiger charge is 2.08. The minimum atomic E-state index is 0.405. The Bertz CT molecular complexity index is 366. The van der Waals surface area contributed by atoms with Crippen LogP contribution in [0.1, 0.15) is 38.3 Å². The molecule has 2 heteroatoms. The highest BCUT2D eigenvalue weighted by molar-refractivity contribution is 5.33. The molecule has 0 spiro atoms. The van der Waals surface area contributed by atoms with Gasteiger partial charge in [-0.25, -0.2) is 0 Å². The van der Waals surface area contributed by atoms with Gasteiger partial charge in [-0.1, -0.05) is 26.8 Å². The van der Waals surface area contributed by atoms with Gasteiger partial charge in [-0.2, -0.15) is 0 Å². The van der Waals surface area contributed by atoms with E-state index in [1.165, 1.54) is 17.5 Å². The van der Waals surface area contributed by atoms with E-state index in [1.54, 1.807) is 0 Å². The molecular formula is C16H27NO. The maximum absolute atomic E-state index is 5.71. The van der Waals surface area contributed by atoms with Crippen LogP contribution in [-0.4, -0.2) is 19.7 Å². The van der Waals surface area contributed by atoms with Gasteiger partial charge in [0.2, 0.25) is 0 Å². The topological polar surface area (TPSA) is 21.3 Å². The zero-order chi connectivity index (χ0) is 13.6. The van der Waals surface area contributed by atoms with Crippen molar-refractivity contribution in [2.45, 2.75) is 41.0 Å². The second-order valence-electron chi connectivity index (χ2n) is 6.16. The SMILES string of the molecule is Cc1ccc(OCCNCCC(C)(C)C)cc1C. The van der Waals surface area contributed by atoms with Gasteiger partial charge in [0.15, 0.2) is 0 Å². The number of aryl methyl sites for hydroxylation is 2. The van der Waals surface area contributed by atoms with Gasteiger partial charge >= 0.3 is 0 Å². The van der Waals surface area contributed by atoms with Gasteiger partial charge in [-0.3, -0.25) is 0 Å². The van der Waals surface area contributed by atoms with Crippen LogP contribution in [0.25, 0.3) is 0 Å². The van der Waals surface area contributed by atoms with Crippen molar-refractivity contribution in [2.75, 3.05) is 19.7 Å². The van der Waals surface area contributed by atoms with Crippen LogP contribution in [0.15, 0.2) is 18.2 Å². The monoisotopic (exact) mass is 249 g/mol. The first-order chi connectivity index (χ1) is 8.38. The Hall–Kier alpha value is -1.02. The Balaban J connectivity index is 2.16. The molecule has 102 valence electrons. The molecule has 1 aromatic carbocycles. The Morgan fingerprint density at radius 3 is 2.39 bits per heavy atom. The summed E-state index contributed by atoms with van der Waals surface area (Å²) in [5.41, 5.74) is 3.00. The third-order valence-corrected chi connectivity index (χ3v) is 3.08. The first-order valence-electron chi connectivity index (χ1n) is 6.79. The average Bonchev–Trinajstić information content (AvgIpc) is 2.26. The Morgan fingerprint density at radius 2 is 1.78 bits per heavy atom. The predicted molar refractivity (Wildman–Crippen MR) is 78.4 cm³/mol. The molecule has 2 nitrogen and oxygen atoms in total. The molecule has 18 heavy (non-hydrogen) atoms. The molecule has 0 aliphatic carbocycles. The lowest BCUT2D eigenvalue weighted by Crippen LogP contribution is -2.25. The molecule has 0 bridgehead atoms. The van der Waals surface area contributed by atoms with Gasteiger partial charge < -0.3 is 10.1 Å².